The van der Waals surface area contributed by atoms with E-state index in [9.17, 15) is 24.3 Å². The number of aromatic carboxylic acids is 1. The van der Waals surface area contributed by atoms with Crippen LogP contribution in [0.2, 0.25) is 0 Å². The van der Waals surface area contributed by atoms with E-state index in [0.29, 0.717) is 22.0 Å². The maximum Gasteiger partial charge on any atom is 0.336 e. The molecule has 0 saturated heterocycles. The molecule has 43 heavy (non-hydrogen) atoms. The second-order valence-electron chi connectivity index (χ2n) is 9.67. The molecule has 0 aliphatic heterocycles. The Labute approximate surface area is 251 Å². The summed E-state index contributed by atoms with van der Waals surface area (Å²) in [6, 6.07) is 31.3. The van der Waals surface area contributed by atoms with Crippen LogP contribution < -0.4 is 16.2 Å². The van der Waals surface area contributed by atoms with Crippen molar-refractivity contribution in [2.75, 3.05) is 10.6 Å². The summed E-state index contributed by atoms with van der Waals surface area (Å²) in [6.07, 6.45) is 0. The fourth-order valence-corrected chi connectivity index (χ4v) is 5.73. The summed E-state index contributed by atoms with van der Waals surface area (Å²) < 4.78 is 3.21. The molecule has 0 bridgehead atoms. The number of aromatic nitrogens is 2. The molecule has 1 aromatic heterocycles. The van der Waals surface area contributed by atoms with Gasteiger partial charge in [0.2, 0.25) is 5.91 Å². The van der Waals surface area contributed by atoms with Gasteiger partial charge in [0.25, 0.3) is 11.5 Å². The molecule has 1 heterocycles. The van der Waals surface area contributed by atoms with Crippen LogP contribution in [0.15, 0.2) is 119 Å². The lowest BCUT2D eigenvalue weighted by atomic mass is 10.1. The van der Waals surface area contributed by atoms with Crippen LogP contribution in [0.25, 0.3) is 5.69 Å². The van der Waals surface area contributed by atoms with E-state index in [4.69, 9.17) is 0 Å². The molecule has 0 aliphatic rings. The first-order chi connectivity index (χ1) is 20.7. The minimum Gasteiger partial charge on any atom is -0.478 e. The lowest BCUT2D eigenvalue weighted by Crippen LogP contribution is -2.25. The van der Waals surface area contributed by atoms with E-state index in [1.165, 1.54) is 28.6 Å². The summed E-state index contributed by atoms with van der Waals surface area (Å²) >= 11 is 1.26. The van der Waals surface area contributed by atoms with Crippen molar-refractivity contribution in [1.29, 1.82) is 0 Å². The molecule has 10 heteroatoms. The van der Waals surface area contributed by atoms with E-state index in [1.807, 2.05) is 66.7 Å². The molecular formula is C33H28N4O5S. The lowest BCUT2D eigenvalue weighted by molar-refractivity contribution is -0.115. The summed E-state index contributed by atoms with van der Waals surface area (Å²) in [5.74, 6) is -2.14. The number of hydrogen-bond donors (Lipinski definition) is 3. The zero-order valence-corrected chi connectivity index (χ0v) is 24.2. The third-order valence-corrected chi connectivity index (χ3v) is 8.14. The Balaban J connectivity index is 1.42. The quantitative estimate of drug-likeness (QED) is 0.183. The van der Waals surface area contributed by atoms with E-state index >= 15 is 0 Å². The normalized spacial score (nSPS) is 11.5. The Morgan fingerprint density at radius 1 is 0.791 bits per heavy atom. The summed E-state index contributed by atoms with van der Waals surface area (Å²) in [6.45, 7) is 1.77. The molecule has 5 rings (SSSR count). The van der Waals surface area contributed by atoms with Crippen molar-refractivity contribution in [1.82, 2.24) is 9.36 Å². The van der Waals surface area contributed by atoms with Crippen LogP contribution in [0, 0.1) is 6.92 Å². The van der Waals surface area contributed by atoms with Gasteiger partial charge in [0.05, 0.1) is 22.5 Å². The molecule has 4 aromatic carbocycles. The number of hydrogen-bond acceptors (Lipinski definition) is 5. The first-order valence-electron chi connectivity index (χ1n) is 13.3. The molecule has 5 aromatic rings. The van der Waals surface area contributed by atoms with Gasteiger partial charge in [-0.15, -0.1) is 11.8 Å². The average Bonchev–Trinajstić information content (AvgIpc) is 3.23. The third kappa shape index (κ3) is 6.29. The number of anilines is 2. The van der Waals surface area contributed by atoms with Crippen molar-refractivity contribution in [3.8, 4) is 5.69 Å². The van der Waals surface area contributed by atoms with Gasteiger partial charge in [-0.2, -0.15) is 0 Å². The van der Waals surface area contributed by atoms with Crippen LogP contribution in [0.4, 0.5) is 11.4 Å². The predicted molar refractivity (Wildman–Crippen MR) is 167 cm³/mol. The van der Waals surface area contributed by atoms with Gasteiger partial charge in [0, 0.05) is 17.6 Å². The van der Waals surface area contributed by atoms with Crippen molar-refractivity contribution < 1.29 is 19.5 Å². The fraction of sp³-hybridized carbons (Fsp3) is 0.0909. The van der Waals surface area contributed by atoms with E-state index in [-0.39, 0.29) is 28.3 Å². The van der Waals surface area contributed by atoms with Crippen LogP contribution in [0.3, 0.4) is 0 Å². The number of para-hydroxylation sites is 1. The van der Waals surface area contributed by atoms with Crippen LogP contribution in [-0.2, 0) is 11.8 Å². The highest BCUT2D eigenvalue weighted by Gasteiger charge is 2.26. The molecule has 9 nitrogen and oxygen atoms in total. The Hall–Kier alpha value is -5.35. The molecule has 0 spiro atoms. The van der Waals surface area contributed by atoms with E-state index in [0.717, 1.165) is 5.56 Å². The van der Waals surface area contributed by atoms with Crippen LogP contribution in [0.5, 0.6) is 0 Å². The van der Waals surface area contributed by atoms with Gasteiger partial charge in [0.1, 0.15) is 10.9 Å². The van der Waals surface area contributed by atoms with Crippen LogP contribution in [-0.4, -0.2) is 32.3 Å². The zero-order chi connectivity index (χ0) is 30.5. The second-order valence-corrected chi connectivity index (χ2v) is 10.8. The Morgan fingerprint density at radius 2 is 1.42 bits per heavy atom. The van der Waals surface area contributed by atoms with E-state index in [1.54, 1.807) is 49.0 Å². The SMILES string of the molecule is Cc1c(NC(=O)C(Sc2cccc(NC(=O)c3ccccc3C(=O)O)c2)c2ccccc2)c(=O)n(-c2ccccc2)n1C. The number of carbonyl (C=O) groups excluding carboxylic acids is 2. The number of rotatable bonds is 9. The van der Waals surface area contributed by atoms with Crippen molar-refractivity contribution in [2.24, 2.45) is 7.05 Å². The molecule has 1 atom stereocenters. The van der Waals surface area contributed by atoms with Crippen LogP contribution in [0.1, 0.15) is 37.2 Å². The first kappa shape index (κ1) is 29.2. The van der Waals surface area contributed by atoms with Crippen molar-refractivity contribution in [3.05, 3.63) is 142 Å². The predicted octanol–water partition coefficient (Wildman–Crippen LogP) is 5.91. The molecule has 2 amide bonds. The molecular weight excluding hydrogens is 564 g/mol. The average molecular weight is 593 g/mol. The maximum absolute atomic E-state index is 13.8. The molecule has 216 valence electrons. The molecule has 3 N–H and O–H groups in total. The topological polar surface area (TPSA) is 122 Å². The smallest absolute Gasteiger partial charge is 0.336 e. The molecule has 0 saturated carbocycles. The molecule has 0 radical (unpaired) electrons. The summed E-state index contributed by atoms with van der Waals surface area (Å²) in [5.41, 5.74) is 2.23. The number of benzene rings is 4. The van der Waals surface area contributed by atoms with E-state index < -0.39 is 17.1 Å². The number of amides is 2. The highest BCUT2D eigenvalue weighted by atomic mass is 32.2. The summed E-state index contributed by atoms with van der Waals surface area (Å²) in [7, 11) is 1.76. The number of nitrogens with one attached hydrogen (secondary N) is 2. The van der Waals surface area contributed by atoms with Gasteiger partial charge in [0.15, 0.2) is 0 Å². The van der Waals surface area contributed by atoms with Gasteiger partial charge < -0.3 is 15.7 Å². The highest BCUT2D eigenvalue weighted by Crippen LogP contribution is 2.37. The number of carboxylic acid groups (broad SMARTS) is 1. The minimum absolute atomic E-state index is 0.0361. The number of thioether (sulfide) groups is 1. The number of carboxylic acids is 1. The van der Waals surface area contributed by atoms with Crippen molar-refractivity contribution >= 4 is 40.9 Å². The molecule has 0 fully saturated rings. The fourth-order valence-electron chi connectivity index (χ4n) is 4.65. The number of nitrogens with zero attached hydrogens (tertiary/aromatic N) is 2. The molecule has 1 unspecified atom stereocenters. The Kier molecular flexibility index (Phi) is 8.59. The summed E-state index contributed by atoms with van der Waals surface area (Å²) in [4.78, 5) is 52.4. The lowest BCUT2D eigenvalue weighted by Gasteiger charge is -2.17. The zero-order valence-electron chi connectivity index (χ0n) is 23.4. The van der Waals surface area contributed by atoms with Gasteiger partial charge in [-0.3, -0.25) is 19.1 Å². The summed E-state index contributed by atoms with van der Waals surface area (Å²) in [5, 5.41) is 14.3. The van der Waals surface area contributed by atoms with Gasteiger partial charge in [-0.05, 0) is 55.0 Å². The van der Waals surface area contributed by atoms with Gasteiger partial charge in [-0.25, -0.2) is 9.48 Å². The third-order valence-electron chi connectivity index (χ3n) is 6.89. The first-order valence-corrected chi connectivity index (χ1v) is 14.2. The van der Waals surface area contributed by atoms with Crippen molar-refractivity contribution in [2.45, 2.75) is 17.1 Å². The second kappa shape index (κ2) is 12.7. The maximum atomic E-state index is 13.8. The van der Waals surface area contributed by atoms with Crippen LogP contribution >= 0.6 is 11.8 Å². The largest absolute Gasteiger partial charge is 0.478 e. The van der Waals surface area contributed by atoms with Gasteiger partial charge in [-0.1, -0.05) is 66.7 Å². The van der Waals surface area contributed by atoms with Gasteiger partial charge >= 0.3 is 5.97 Å². The van der Waals surface area contributed by atoms with Crippen molar-refractivity contribution in [3.63, 3.8) is 0 Å². The minimum atomic E-state index is -1.20. The molecule has 0 aliphatic carbocycles. The Morgan fingerprint density at radius 3 is 2.09 bits per heavy atom. The monoisotopic (exact) mass is 592 g/mol. The number of carbonyl (C=O) groups is 3. The highest BCUT2D eigenvalue weighted by molar-refractivity contribution is 8.00. The Bertz CT molecular complexity index is 1870. The van der Waals surface area contributed by atoms with E-state index in [2.05, 4.69) is 10.6 Å². The standard InChI is InChI=1S/C33H28N4O5S/c1-21-28(32(40)37(36(21)2)24-15-7-4-8-16-24)35-31(39)29(22-12-5-3-6-13-22)43-25-17-11-14-23(20-25)34-30(38)26-18-9-10-19-27(26)33(41)42/h3-20,29H,1-2H3,(H,34,38)(H,35,39)(H,41,42).